The van der Waals surface area contributed by atoms with Crippen LogP contribution in [-0.2, 0) is 4.79 Å². The molecule has 0 heterocycles. The van der Waals surface area contributed by atoms with Crippen molar-refractivity contribution in [3.63, 3.8) is 0 Å². The van der Waals surface area contributed by atoms with Gasteiger partial charge in [-0.2, -0.15) is 5.26 Å². The molecular formula is C9H16N2O. The Balaban J connectivity index is 3.68. The number of carbonyl (C=O) groups excluding carboxylic acids is 1. The van der Waals surface area contributed by atoms with Gasteiger partial charge in [-0.15, -0.1) is 0 Å². The molecule has 68 valence electrons. The maximum absolute atomic E-state index is 11.1. The van der Waals surface area contributed by atoms with Gasteiger partial charge in [0.1, 0.15) is 0 Å². The van der Waals surface area contributed by atoms with Crippen LogP contribution in [0.4, 0.5) is 0 Å². The van der Waals surface area contributed by atoms with E-state index in [-0.39, 0.29) is 17.9 Å². The smallest absolute Gasteiger partial charge is 0.221 e. The number of nitrogens with zero attached hydrogens (tertiary/aromatic N) is 1. The summed E-state index contributed by atoms with van der Waals surface area (Å²) in [6, 6.07) is 2.24. The van der Waals surface area contributed by atoms with Crippen LogP contribution in [0.1, 0.15) is 33.6 Å². The monoisotopic (exact) mass is 168 g/mol. The van der Waals surface area contributed by atoms with Crippen molar-refractivity contribution in [2.24, 2.45) is 5.92 Å². The summed E-state index contributed by atoms with van der Waals surface area (Å²) in [5.41, 5.74) is 0. The molecule has 0 aliphatic heterocycles. The molecular weight excluding hydrogens is 152 g/mol. The fourth-order valence-corrected chi connectivity index (χ4v) is 0.760. The van der Waals surface area contributed by atoms with E-state index in [0.717, 1.165) is 6.42 Å². The van der Waals surface area contributed by atoms with Gasteiger partial charge in [0.15, 0.2) is 0 Å². The van der Waals surface area contributed by atoms with Crippen LogP contribution in [0.5, 0.6) is 0 Å². The van der Waals surface area contributed by atoms with Crippen molar-refractivity contribution in [1.29, 1.82) is 5.26 Å². The molecule has 12 heavy (non-hydrogen) atoms. The summed E-state index contributed by atoms with van der Waals surface area (Å²) >= 11 is 0. The summed E-state index contributed by atoms with van der Waals surface area (Å²) in [6.07, 6.45) is 1.23. The largest absolute Gasteiger partial charge is 0.354 e. The van der Waals surface area contributed by atoms with E-state index in [1.165, 1.54) is 0 Å². The standard InChI is InChI=1S/C9H16N2O/c1-4-8(3)11-9(12)5-7(2)6-10/h7-8H,4-5H2,1-3H3,(H,11,12). The van der Waals surface area contributed by atoms with Crippen LogP contribution < -0.4 is 5.32 Å². The van der Waals surface area contributed by atoms with E-state index in [4.69, 9.17) is 5.26 Å². The summed E-state index contributed by atoms with van der Waals surface area (Å²) in [5.74, 6) is -0.215. The molecule has 2 atom stereocenters. The molecule has 0 aliphatic rings. The molecule has 0 aromatic rings. The highest BCUT2D eigenvalue weighted by Gasteiger charge is 2.09. The number of amides is 1. The molecule has 2 unspecified atom stereocenters. The van der Waals surface area contributed by atoms with Gasteiger partial charge in [-0.1, -0.05) is 6.92 Å². The van der Waals surface area contributed by atoms with Gasteiger partial charge < -0.3 is 5.32 Å². The summed E-state index contributed by atoms with van der Waals surface area (Å²) < 4.78 is 0. The lowest BCUT2D eigenvalue weighted by Gasteiger charge is -2.11. The van der Waals surface area contributed by atoms with Gasteiger partial charge in [0.25, 0.3) is 0 Å². The lowest BCUT2D eigenvalue weighted by Crippen LogP contribution is -2.32. The molecule has 0 fully saturated rings. The third kappa shape index (κ3) is 4.73. The van der Waals surface area contributed by atoms with Crippen LogP contribution in [0.15, 0.2) is 0 Å². The Kier molecular flexibility index (Phi) is 5.11. The van der Waals surface area contributed by atoms with Gasteiger partial charge in [0.2, 0.25) is 5.91 Å². The lowest BCUT2D eigenvalue weighted by atomic mass is 10.1. The summed E-state index contributed by atoms with van der Waals surface area (Å²) in [5, 5.41) is 11.2. The van der Waals surface area contributed by atoms with Crippen molar-refractivity contribution in [3.8, 4) is 6.07 Å². The summed E-state index contributed by atoms with van der Waals surface area (Å²) in [4.78, 5) is 11.1. The van der Waals surface area contributed by atoms with E-state index < -0.39 is 0 Å². The van der Waals surface area contributed by atoms with E-state index in [0.29, 0.717) is 6.42 Å². The molecule has 1 amide bonds. The van der Waals surface area contributed by atoms with E-state index in [1.54, 1.807) is 6.92 Å². The molecule has 0 aromatic carbocycles. The van der Waals surface area contributed by atoms with Gasteiger partial charge in [-0.25, -0.2) is 0 Å². The SMILES string of the molecule is CCC(C)NC(=O)CC(C)C#N. The Labute approximate surface area is 73.8 Å². The minimum Gasteiger partial charge on any atom is -0.354 e. The second kappa shape index (κ2) is 5.59. The highest BCUT2D eigenvalue weighted by atomic mass is 16.1. The molecule has 0 rings (SSSR count). The predicted molar refractivity (Wildman–Crippen MR) is 47.3 cm³/mol. The summed E-state index contributed by atoms with van der Waals surface area (Å²) in [6.45, 7) is 5.71. The van der Waals surface area contributed by atoms with Gasteiger partial charge in [0.05, 0.1) is 12.0 Å². The third-order valence-corrected chi connectivity index (χ3v) is 1.73. The van der Waals surface area contributed by atoms with Crippen LogP contribution in [0, 0.1) is 17.2 Å². The average molecular weight is 168 g/mol. The lowest BCUT2D eigenvalue weighted by molar-refractivity contribution is -0.122. The summed E-state index contributed by atoms with van der Waals surface area (Å²) in [7, 11) is 0. The van der Waals surface area contributed by atoms with Crippen LogP contribution >= 0.6 is 0 Å². The van der Waals surface area contributed by atoms with Crippen molar-refractivity contribution in [3.05, 3.63) is 0 Å². The molecule has 0 aromatic heterocycles. The molecule has 0 aliphatic carbocycles. The minimum atomic E-state index is -0.186. The van der Waals surface area contributed by atoms with Gasteiger partial charge in [0, 0.05) is 12.5 Å². The molecule has 0 spiro atoms. The second-order valence-electron chi connectivity index (χ2n) is 3.11. The molecule has 0 radical (unpaired) electrons. The number of carbonyl (C=O) groups is 1. The molecule has 0 saturated heterocycles. The number of rotatable bonds is 4. The third-order valence-electron chi connectivity index (χ3n) is 1.73. The predicted octanol–water partition coefficient (Wildman–Crippen LogP) is 1.45. The average Bonchev–Trinajstić information content (AvgIpc) is 2.03. The van der Waals surface area contributed by atoms with Gasteiger partial charge >= 0.3 is 0 Å². The fraction of sp³-hybridized carbons (Fsp3) is 0.778. The zero-order valence-corrected chi connectivity index (χ0v) is 7.92. The van der Waals surface area contributed by atoms with Crippen LogP contribution in [0.2, 0.25) is 0 Å². The maximum atomic E-state index is 11.1. The molecule has 0 saturated carbocycles. The Morgan fingerprint density at radius 2 is 2.17 bits per heavy atom. The topological polar surface area (TPSA) is 52.9 Å². The molecule has 3 heteroatoms. The van der Waals surface area contributed by atoms with Crippen LogP contribution in [0.25, 0.3) is 0 Å². The zero-order chi connectivity index (χ0) is 9.56. The maximum Gasteiger partial charge on any atom is 0.221 e. The van der Waals surface area contributed by atoms with Crippen molar-refractivity contribution >= 4 is 5.91 Å². The Morgan fingerprint density at radius 1 is 1.58 bits per heavy atom. The highest BCUT2D eigenvalue weighted by Crippen LogP contribution is 1.99. The number of nitrogens with one attached hydrogen (secondary N) is 1. The van der Waals surface area contributed by atoms with E-state index in [1.807, 2.05) is 19.9 Å². The quantitative estimate of drug-likeness (QED) is 0.690. The van der Waals surface area contributed by atoms with Crippen molar-refractivity contribution < 1.29 is 4.79 Å². The van der Waals surface area contributed by atoms with Gasteiger partial charge in [-0.05, 0) is 20.3 Å². The highest BCUT2D eigenvalue weighted by molar-refractivity contribution is 5.76. The van der Waals surface area contributed by atoms with Crippen LogP contribution in [-0.4, -0.2) is 11.9 Å². The van der Waals surface area contributed by atoms with Gasteiger partial charge in [-0.3, -0.25) is 4.79 Å². The van der Waals surface area contributed by atoms with Crippen molar-refractivity contribution in [1.82, 2.24) is 5.32 Å². The molecule has 0 bridgehead atoms. The normalized spacial score (nSPS) is 14.5. The fourth-order valence-electron chi connectivity index (χ4n) is 0.760. The van der Waals surface area contributed by atoms with Crippen molar-refractivity contribution in [2.75, 3.05) is 0 Å². The van der Waals surface area contributed by atoms with E-state index in [9.17, 15) is 4.79 Å². The van der Waals surface area contributed by atoms with Crippen LogP contribution in [0.3, 0.4) is 0 Å². The first kappa shape index (κ1) is 11.0. The zero-order valence-electron chi connectivity index (χ0n) is 7.92. The second-order valence-corrected chi connectivity index (χ2v) is 3.11. The molecule has 3 nitrogen and oxygen atoms in total. The molecule has 1 N–H and O–H groups in total. The first-order chi connectivity index (χ1) is 5.60. The number of hydrogen-bond acceptors (Lipinski definition) is 2. The Morgan fingerprint density at radius 3 is 2.58 bits per heavy atom. The Hall–Kier alpha value is -1.04. The minimum absolute atomic E-state index is 0.0293. The number of nitriles is 1. The van der Waals surface area contributed by atoms with Crippen molar-refractivity contribution in [2.45, 2.75) is 39.7 Å². The van der Waals surface area contributed by atoms with E-state index in [2.05, 4.69) is 5.32 Å². The Bertz CT molecular complexity index is 183. The number of hydrogen-bond donors (Lipinski definition) is 1. The first-order valence-electron chi connectivity index (χ1n) is 4.29. The van der Waals surface area contributed by atoms with E-state index >= 15 is 0 Å². The first-order valence-corrected chi connectivity index (χ1v) is 4.29.